The zero-order chi connectivity index (χ0) is 20.1. The molecule has 0 atom stereocenters. The largest absolute Gasteiger partial charge is 0.490 e. The van der Waals surface area contributed by atoms with Crippen LogP contribution in [0.25, 0.3) is 6.08 Å². The van der Waals surface area contributed by atoms with Crippen molar-refractivity contribution in [3.8, 4) is 11.5 Å². The number of rotatable bonds is 7. The van der Waals surface area contributed by atoms with Gasteiger partial charge in [-0.1, -0.05) is 30.9 Å². The quantitative estimate of drug-likeness (QED) is 0.517. The van der Waals surface area contributed by atoms with Gasteiger partial charge in [-0.25, -0.2) is 0 Å². The van der Waals surface area contributed by atoms with Crippen molar-refractivity contribution in [3.63, 3.8) is 0 Å². The predicted octanol–water partition coefficient (Wildman–Crippen LogP) is 4.76. The van der Waals surface area contributed by atoms with Gasteiger partial charge >= 0.3 is 0 Å². The number of amides is 1. The van der Waals surface area contributed by atoms with Crippen molar-refractivity contribution in [2.24, 2.45) is 5.10 Å². The van der Waals surface area contributed by atoms with Gasteiger partial charge in [0.05, 0.1) is 23.6 Å². The van der Waals surface area contributed by atoms with Crippen LogP contribution in [0.5, 0.6) is 11.5 Å². The van der Waals surface area contributed by atoms with Gasteiger partial charge in [-0.05, 0) is 62.2 Å². The molecule has 144 valence electrons. The maximum absolute atomic E-state index is 12.9. The van der Waals surface area contributed by atoms with Crippen LogP contribution in [-0.4, -0.2) is 24.8 Å². The predicted molar refractivity (Wildman–Crippen MR) is 113 cm³/mol. The van der Waals surface area contributed by atoms with Gasteiger partial charge in [-0.15, -0.1) is 0 Å². The van der Waals surface area contributed by atoms with Crippen LogP contribution < -0.4 is 14.5 Å². The average Bonchev–Trinajstić information content (AvgIpc) is 2.96. The molecule has 1 amide bonds. The number of nitrogens with zero attached hydrogens (tertiary/aromatic N) is 2. The summed E-state index contributed by atoms with van der Waals surface area (Å²) in [5.74, 6) is 1.13. The molecule has 0 bridgehead atoms. The fourth-order valence-corrected chi connectivity index (χ4v) is 2.94. The van der Waals surface area contributed by atoms with Gasteiger partial charge in [-0.2, -0.15) is 10.1 Å². The number of anilines is 1. The van der Waals surface area contributed by atoms with Gasteiger partial charge in [-0.3, -0.25) is 4.79 Å². The minimum Gasteiger partial charge on any atom is -0.490 e. The van der Waals surface area contributed by atoms with Crippen molar-refractivity contribution in [1.29, 1.82) is 0 Å². The number of hydrazone groups is 1. The van der Waals surface area contributed by atoms with Crippen molar-refractivity contribution < 1.29 is 14.3 Å². The average molecular weight is 376 g/mol. The summed E-state index contributed by atoms with van der Waals surface area (Å²) in [6.07, 6.45) is 3.51. The summed E-state index contributed by atoms with van der Waals surface area (Å²) >= 11 is 0. The highest BCUT2D eigenvalue weighted by molar-refractivity contribution is 6.32. The monoisotopic (exact) mass is 376 g/mol. The molecule has 0 aromatic heterocycles. The van der Waals surface area contributed by atoms with Crippen molar-refractivity contribution in [2.45, 2.75) is 20.8 Å². The molecule has 0 saturated carbocycles. The first-order valence-electron chi connectivity index (χ1n) is 9.22. The molecule has 0 radical (unpaired) electrons. The molecule has 2 aromatic rings. The maximum atomic E-state index is 12.9. The lowest BCUT2D eigenvalue weighted by atomic mass is 10.1. The highest BCUT2D eigenvalue weighted by Crippen LogP contribution is 2.31. The fourth-order valence-electron chi connectivity index (χ4n) is 2.94. The number of ether oxygens (including phenoxy) is 2. The van der Waals surface area contributed by atoms with Gasteiger partial charge < -0.3 is 9.47 Å². The van der Waals surface area contributed by atoms with E-state index in [1.807, 2.05) is 69.3 Å². The first kappa shape index (κ1) is 19.4. The van der Waals surface area contributed by atoms with E-state index < -0.39 is 0 Å². The molecular weight excluding hydrogens is 352 g/mol. The van der Waals surface area contributed by atoms with Gasteiger partial charge in [0, 0.05) is 0 Å². The molecule has 0 unspecified atom stereocenters. The summed E-state index contributed by atoms with van der Waals surface area (Å²) in [5.41, 5.74) is 3.92. The molecule has 5 heteroatoms. The van der Waals surface area contributed by atoms with Crippen molar-refractivity contribution in [3.05, 3.63) is 71.8 Å². The van der Waals surface area contributed by atoms with E-state index in [0.717, 1.165) is 16.8 Å². The Balaban J connectivity index is 1.90. The van der Waals surface area contributed by atoms with Crippen LogP contribution in [0.1, 0.15) is 25.0 Å². The third-order valence-corrected chi connectivity index (χ3v) is 4.24. The van der Waals surface area contributed by atoms with Crippen LogP contribution in [0.3, 0.4) is 0 Å². The minimum absolute atomic E-state index is 0.145. The van der Waals surface area contributed by atoms with E-state index >= 15 is 0 Å². The van der Waals surface area contributed by atoms with Crippen LogP contribution in [0.15, 0.2) is 65.8 Å². The number of carbonyl (C=O) groups excluding carboxylic acids is 1. The van der Waals surface area contributed by atoms with Crippen LogP contribution >= 0.6 is 0 Å². The Bertz CT molecular complexity index is 960. The summed E-state index contributed by atoms with van der Waals surface area (Å²) in [6.45, 7) is 10.3. The van der Waals surface area contributed by atoms with Crippen LogP contribution in [-0.2, 0) is 4.79 Å². The standard InChI is InChI=1S/C23H24N2O3/c1-5-12-28-21-11-10-18(15-22(21)27-6-2)14-20-17(4)24-25(23(20)26)19-9-7-8-16(3)13-19/h5,7-11,13-15H,1,6,12H2,2-4H3. The van der Waals surface area contributed by atoms with Crippen LogP contribution in [0.4, 0.5) is 5.69 Å². The first-order valence-corrected chi connectivity index (χ1v) is 9.22. The summed E-state index contributed by atoms with van der Waals surface area (Å²) in [7, 11) is 0. The van der Waals surface area contributed by atoms with E-state index in [0.29, 0.717) is 36.0 Å². The molecule has 1 aliphatic rings. The highest BCUT2D eigenvalue weighted by atomic mass is 16.5. The third-order valence-electron chi connectivity index (χ3n) is 4.24. The van der Waals surface area contributed by atoms with E-state index in [9.17, 15) is 4.79 Å². The molecular formula is C23H24N2O3. The van der Waals surface area contributed by atoms with Gasteiger partial charge in [0.25, 0.3) is 5.91 Å². The molecule has 0 saturated heterocycles. The topological polar surface area (TPSA) is 51.1 Å². The van der Waals surface area contributed by atoms with Crippen LogP contribution in [0.2, 0.25) is 0 Å². The van der Waals surface area contributed by atoms with Gasteiger partial charge in [0.2, 0.25) is 0 Å². The Labute approximate surface area is 165 Å². The van der Waals surface area contributed by atoms with Gasteiger partial charge in [0.15, 0.2) is 11.5 Å². The second-order valence-corrected chi connectivity index (χ2v) is 6.44. The molecule has 2 aromatic carbocycles. The van der Waals surface area contributed by atoms with Crippen molar-refractivity contribution in [2.75, 3.05) is 18.2 Å². The smallest absolute Gasteiger partial charge is 0.280 e. The number of carbonyl (C=O) groups is 1. The minimum atomic E-state index is -0.145. The Kier molecular flexibility index (Phi) is 5.94. The molecule has 1 heterocycles. The Morgan fingerprint density at radius 3 is 2.64 bits per heavy atom. The molecule has 5 nitrogen and oxygen atoms in total. The summed E-state index contributed by atoms with van der Waals surface area (Å²) < 4.78 is 11.3. The second-order valence-electron chi connectivity index (χ2n) is 6.44. The number of hydrogen-bond donors (Lipinski definition) is 0. The third kappa shape index (κ3) is 4.14. The molecule has 3 rings (SSSR count). The molecule has 0 N–H and O–H groups in total. The molecule has 0 spiro atoms. The van der Waals surface area contributed by atoms with Crippen molar-refractivity contribution in [1.82, 2.24) is 0 Å². The molecule has 28 heavy (non-hydrogen) atoms. The fraction of sp³-hybridized carbons (Fsp3) is 0.217. The Morgan fingerprint density at radius 2 is 1.93 bits per heavy atom. The Hall–Kier alpha value is -3.34. The van der Waals surface area contributed by atoms with E-state index in [2.05, 4.69) is 11.7 Å². The van der Waals surface area contributed by atoms with E-state index in [1.165, 1.54) is 5.01 Å². The lowest BCUT2D eigenvalue weighted by Gasteiger charge is -2.13. The second kappa shape index (κ2) is 8.57. The summed E-state index contributed by atoms with van der Waals surface area (Å²) in [4.78, 5) is 12.9. The summed E-state index contributed by atoms with van der Waals surface area (Å²) in [6, 6.07) is 13.3. The van der Waals surface area contributed by atoms with E-state index in [-0.39, 0.29) is 5.91 Å². The highest BCUT2D eigenvalue weighted by Gasteiger charge is 2.28. The van der Waals surface area contributed by atoms with E-state index in [1.54, 1.807) is 6.08 Å². The summed E-state index contributed by atoms with van der Waals surface area (Å²) in [5, 5.41) is 5.88. The van der Waals surface area contributed by atoms with Crippen molar-refractivity contribution >= 4 is 23.4 Å². The molecule has 0 aliphatic carbocycles. The number of benzene rings is 2. The zero-order valence-corrected chi connectivity index (χ0v) is 16.4. The maximum Gasteiger partial charge on any atom is 0.280 e. The molecule has 1 aliphatic heterocycles. The zero-order valence-electron chi connectivity index (χ0n) is 16.4. The number of aryl methyl sites for hydroxylation is 1. The number of hydrogen-bond acceptors (Lipinski definition) is 4. The lowest BCUT2D eigenvalue weighted by Crippen LogP contribution is -2.21. The van der Waals surface area contributed by atoms with Gasteiger partial charge in [0.1, 0.15) is 6.61 Å². The van der Waals surface area contributed by atoms with E-state index in [4.69, 9.17) is 9.47 Å². The SMILES string of the molecule is C=CCOc1ccc(C=C2C(=O)N(c3cccc(C)c3)N=C2C)cc1OCC. The molecule has 0 fully saturated rings. The normalized spacial score (nSPS) is 15.0. The van der Waals surface area contributed by atoms with Crippen LogP contribution in [0, 0.1) is 6.92 Å². The first-order chi connectivity index (χ1) is 13.5. The lowest BCUT2D eigenvalue weighted by molar-refractivity contribution is -0.114. The Morgan fingerprint density at radius 1 is 1.11 bits per heavy atom.